The van der Waals surface area contributed by atoms with E-state index in [1.165, 1.54) is 12.1 Å². The molecule has 0 aliphatic carbocycles. The predicted molar refractivity (Wildman–Crippen MR) is 77.5 cm³/mol. The van der Waals surface area contributed by atoms with Gasteiger partial charge in [0.25, 0.3) is 5.91 Å². The molecule has 1 saturated heterocycles. The van der Waals surface area contributed by atoms with E-state index >= 15 is 0 Å². The standard InChI is InChI=1S/C14H17ClFN3O2/c1-9(13(17)20)18-4-6-19(7-5-18)14(21)11-3-2-10(15)8-12(11)16/h2-3,8-9H,4-7H2,1H3,(H2,17,20). The van der Waals surface area contributed by atoms with Crippen molar-refractivity contribution in [3.05, 3.63) is 34.6 Å². The van der Waals surface area contributed by atoms with Gasteiger partial charge in [-0.2, -0.15) is 0 Å². The van der Waals surface area contributed by atoms with Gasteiger partial charge < -0.3 is 10.6 Å². The number of amides is 2. The summed E-state index contributed by atoms with van der Waals surface area (Å²) in [6, 6.07) is 3.64. The quantitative estimate of drug-likeness (QED) is 0.909. The normalized spacial score (nSPS) is 17.6. The first kappa shape index (κ1) is 15.7. The van der Waals surface area contributed by atoms with Crippen LogP contribution in [0.15, 0.2) is 18.2 Å². The first-order valence-electron chi connectivity index (χ1n) is 6.68. The number of nitrogens with zero attached hydrogens (tertiary/aromatic N) is 2. The molecule has 1 unspecified atom stereocenters. The van der Waals surface area contributed by atoms with Crippen molar-refractivity contribution in [1.29, 1.82) is 0 Å². The molecule has 0 saturated carbocycles. The van der Waals surface area contributed by atoms with Crippen LogP contribution < -0.4 is 5.73 Å². The third kappa shape index (κ3) is 3.51. The highest BCUT2D eigenvalue weighted by Gasteiger charge is 2.27. The fraction of sp³-hybridized carbons (Fsp3) is 0.429. The third-order valence-corrected chi connectivity index (χ3v) is 3.96. The van der Waals surface area contributed by atoms with Gasteiger partial charge in [-0.05, 0) is 25.1 Å². The van der Waals surface area contributed by atoms with Gasteiger partial charge in [-0.15, -0.1) is 0 Å². The average Bonchev–Trinajstić information content (AvgIpc) is 2.46. The van der Waals surface area contributed by atoms with Crippen LogP contribution in [0.3, 0.4) is 0 Å². The number of carbonyl (C=O) groups is 2. The summed E-state index contributed by atoms with van der Waals surface area (Å²) < 4.78 is 13.8. The molecule has 2 N–H and O–H groups in total. The summed E-state index contributed by atoms with van der Waals surface area (Å²) in [6.45, 7) is 3.66. The molecule has 5 nitrogen and oxygen atoms in total. The number of benzene rings is 1. The molecule has 0 radical (unpaired) electrons. The van der Waals surface area contributed by atoms with Crippen molar-refractivity contribution in [3.63, 3.8) is 0 Å². The van der Waals surface area contributed by atoms with E-state index in [0.29, 0.717) is 26.2 Å². The number of hydrogen-bond acceptors (Lipinski definition) is 3. The molecule has 0 bridgehead atoms. The number of hydrogen-bond donors (Lipinski definition) is 1. The van der Waals surface area contributed by atoms with E-state index in [-0.39, 0.29) is 22.5 Å². The lowest BCUT2D eigenvalue weighted by molar-refractivity contribution is -0.123. The van der Waals surface area contributed by atoms with Crippen molar-refractivity contribution in [2.45, 2.75) is 13.0 Å². The molecular weight excluding hydrogens is 297 g/mol. The van der Waals surface area contributed by atoms with Crippen molar-refractivity contribution in [3.8, 4) is 0 Å². The molecule has 21 heavy (non-hydrogen) atoms. The molecule has 7 heteroatoms. The maximum Gasteiger partial charge on any atom is 0.256 e. The second-order valence-corrected chi connectivity index (χ2v) is 5.47. The van der Waals surface area contributed by atoms with Crippen molar-refractivity contribution in [2.75, 3.05) is 26.2 Å². The minimum atomic E-state index is -0.625. The zero-order valence-electron chi connectivity index (χ0n) is 11.7. The van der Waals surface area contributed by atoms with Crippen LogP contribution in [0.25, 0.3) is 0 Å². The molecule has 1 fully saturated rings. The maximum absolute atomic E-state index is 13.8. The fourth-order valence-corrected chi connectivity index (χ4v) is 2.48. The van der Waals surface area contributed by atoms with E-state index in [4.69, 9.17) is 17.3 Å². The monoisotopic (exact) mass is 313 g/mol. The van der Waals surface area contributed by atoms with Crippen molar-refractivity contribution >= 4 is 23.4 Å². The summed E-state index contributed by atoms with van der Waals surface area (Å²) in [5, 5.41) is 0.254. The summed E-state index contributed by atoms with van der Waals surface area (Å²) >= 11 is 5.68. The molecule has 1 heterocycles. The Balaban J connectivity index is 2.02. The average molecular weight is 314 g/mol. The minimum absolute atomic E-state index is 0.01000. The van der Waals surface area contributed by atoms with Gasteiger partial charge in [-0.25, -0.2) is 4.39 Å². The van der Waals surface area contributed by atoms with Crippen molar-refractivity contribution in [1.82, 2.24) is 9.80 Å². The van der Waals surface area contributed by atoms with Crippen LogP contribution in [0.1, 0.15) is 17.3 Å². The number of rotatable bonds is 3. The van der Waals surface area contributed by atoms with E-state index in [9.17, 15) is 14.0 Å². The SMILES string of the molecule is CC(C(N)=O)N1CCN(C(=O)c2ccc(Cl)cc2F)CC1. The van der Waals surface area contributed by atoms with Gasteiger partial charge >= 0.3 is 0 Å². The number of halogens is 2. The zero-order valence-corrected chi connectivity index (χ0v) is 12.4. The molecule has 1 aromatic rings. The Morgan fingerprint density at radius 1 is 1.29 bits per heavy atom. The molecule has 0 aromatic heterocycles. The second-order valence-electron chi connectivity index (χ2n) is 5.03. The number of piperazine rings is 1. The minimum Gasteiger partial charge on any atom is -0.368 e. The molecule has 2 amide bonds. The van der Waals surface area contributed by atoms with E-state index in [2.05, 4.69) is 0 Å². The van der Waals surface area contributed by atoms with Gasteiger partial charge in [0.2, 0.25) is 5.91 Å². The van der Waals surface area contributed by atoms with E-state index in [0.717, 1.165) is 6.07 Å². The highest BCUT2D eigenvalue weighted by atomic mass is 35.5. The lowest BCUT2D eigenvalue weighted by Gasteiger charge is -2.37. The van der Waals surface area contributed by atoms with Crippen molar-refractivity contribution < 1.29 is 14.0 Å². The van der Waals surface area contributed by atoms with Crippen LogP contribution in [0.2, 0.25) is 5.02 Å². The summed E-state index contributed by atoms with van der Waals surface area (Å²) in [4.78, 5) is 26.9. The molecular formula is C14H17ClFN3O2. The number of carbonyl (C=O) groups excluding carboxylic acids is 2. The van der Waals surface area contributed by atoms with Gasteiger partial charge in [0.05, 0.1) is 11.6 Å². The fourth-order valence-electron chi connectivity index (χ4n) is 2.33. The van der Waals surface area contributed by atoms with Crippen LogP contribution in [-0.4, -0.2) is 53.8 Å². The van der Waals surface area contributed by atoms with Crippen LogP contribution in [0.4, 0.5) is 4.39 Å². The largest absolute Gasteiger partial charge is 0.368 e. The predicted octanol–water partition coefficient (Wildman–Crippen LogP) is 1.11. The highest BCUT2D eigenvalue weighted by Crippen LogP contribution is 2.17. The topological polar surface area (TPSA) is 66.6 Å². The summed E-state index contributed by atoms with van der Waals surface area (Å²) in [6.07, 6.45) is 0. The lowest BCUT2D eigenvalue weighted by Crippen LogP contribution is -2.54. The van der Waals surface area contributed by atoms with Gasteiger partial charge in [0.15, 0.2) is 0 Å². The molecule has 114 valence electrons. The Kier molecular flexibility index (Phi) is 4.80. The molecule has 2 rings (SSSR count). The lowest BCUT2D eigenvalue weighted by atomic mass is 10.1. The van der Waals surface area contributed by atoms with E-state index in [1.807, 2.05) is 4.90 Å². The second kappa shape index (κ2) is 6.41. The van der Waals surface area contributed by atoms with Gasteiger partial charge in [-0.3, -0.25) is 14.5 Å². The van der Waals surface area contributed by atoms with E-state index < -0.39 is 11.7 Å². The number of primary amides is 1. The zero-order chi connectivity index (χ0) is 15.6. The Bertz CT molecular complexity index is 559. The van der Waals surface area contributed by atoms with Crippen LogP contribution in [-0.2, 0) is 4.79 Å². The summed E-state index contributed by atoms with van der Waals surface area (Å²) in [5.41, 5.74) is 5.27. The Hall–Kier alpha value is -1.66. The first-order chi connectivity index (χ1) is 9.90. The van der Waals surface area contributed by atoms with Gasteiger partial charge in [-0.1, -0.05) is 11.6 Å². The van der Waals surface area contributed by atoms with Crippen LogP contribution in [0.5, 0.6) is 0 Å². The molecule has 0 spiro atoms. The highest BCUT2D eigenvalue weighted by molar-refractivity contribution is 6.30. The van der Waals surface area contributed by atoms with Gasteiger partial charge in [0, 0.05) is 31.2 Å². The van der Waals surface area contributed by atoms with E-state index in [1.54, 1.807) is 11.8 Å². The molecule has 1 aliphatic rings. The Morgan fingerprint density at radius 3 is 2.43 bits per heavy atom. The molecule has 1 aromatic carbocycles. The maximum atomic E-state index is 13.8. The number of nitrogens with two attached hydrogens (primary N) is 1. The summed E-state index contributed by atoms with van der Waals surface area (Å²) in [7, 11) is 0. The smallest absolute Gasteiger partial charge is 0.256 e. The van der Waals surface area contributed by atoms with Crippen LogP contribution >= 0.6 is 11.6 Å². The third-order valence-electron chi connectivity index (χ3n) is 3.72. The Labute approximate surface area is 127 Å². The summed E-state index contributed by atoms with van der Waals surface area (Å²) in [5.74, 6) is -1.38. The Morgan fingerprint density at radius 2 is 1.90 bits per heavy atom. The first-order valence-corrected chi connectivity index (χ1v) is 7.05. The molecule has 1 aliphatic heterocycles. The van der Waals surface area contributed by atoms with Gasteiger partial charge in [0.1, 0.15) is 5.82 Å². The van der Waals surface area contributed by atoms with Crippen LogP contribution in [0, 0.1) is 5.82 Å². The molecule has 1 atom stereocenters. The van der Waals surface area contributed by atoms with Crippen molar-refractivity contribution in [2.24, 2.45) is 5.73 Å².